The molecule has 7 nitrogen and oxygen atoms in total. The molecule has 0 spiro atoms. The molecular weight excluding hydrogens is 322 g/mol. The maximum Gasteiger partial charge on any atom is 0.260 e. The Balaban J connectivity index is 0. The Morgan fingerprint density at radius 1 is 0.800 bits per heavy atom. The molecule has 0 aliphatic rings. The smallest absolute Gasteiger partial charge is 0.260 e. The summed E-state index contributed by atoms with van der Waals surface area (Å²) in [6, 6.07) is -0.608. The lowest BCUT2D eigenvalue weighted by Crippen LogP contribution is -2.43. The lowest BCUT2D eigenvalue weighted by atomic mass is 9.93. The molecule has 2 amide bonds. The van der Waals surface area contributed by atoms with Gasteiger partial charge in [0.05, 0.1) is 6.04 Å². The Bertz CT molecular complexity index is 362. The van der Waals surface area contributed by atoms with E-state index in [0.717, 1.165) is 32.1 Å². The van der Waals surface area contributed by atoms with Crippen LogP contribution in [-0.4, -0.2) is 28.3 Å². The highest BCUT2D eigenvalue weighted by Gasteiger charge is 2.20. The maximum absolute atomic E-state index is 10.9. The molecule has 0 aliphatic carbocycles. The number of amides is 2. The van der Waals surface area contributed by atoms with Crippen LogP contribution < -0.4 is 16.7 Å². The molecule has 0 aromatic heterocycles. The van der Waals surface area contributed by atoms with Crippen molar-refractivity contribution in [3.8, 4) is 0 Å². The Labute approximate surface area is 152 Å². The van der Waals surface area contributed by atoms with Crippen LogP contribution in [0.2, 0.25) is 0 Å². The van der Waals surface area contributed by atoms with Crippen molar-refractivity contribution in [2.45, 2.75) is 79.7 Å². The Kier molecular flexibility index (Phi) is 15.7. The second-order valence-corrected chi connectivity index (χ2v) is 7.65. The third-order valence-corrected chi connectivity index (χ3v) is 4.20. The van der Waals surface area contributed by atoms with Crippen LogP contribution in [0.25, 0.3) is 0 Å². The van der Waals surface area contributed by atoms with Crippen molar-refractivity contribution in [3.63, 3.8) is 0 Å². The van der Waals surface area contributed by atoms with Crippen molar-refractivity contribution in [1.82, 2.24) is 11.0 Å². The fraction of sp³-hybridized carbons (Fsp3) is 0.889. The first-order valence-corrected chi connectivity index (χ1v) is 9.20. The fourth-order valence-electron chi connectivity index (χ4n) is 2.18. The van der Waals surface area contributed by atoms with Gasteiger partial charge in [-0.15, -0.1) is 0 Å². The maximum atomic E-state index is 10.9. The third-order valence-electron chi connectivity index (χ3n) is 4.20. The highest BCUT2D eigenvalue weighted by molar-refractivity contribution is 5.80. The van der Waals surface area contributed by atoms with Gasteiger partial charge in [-0.3, -0.25) is 20.0 Å². The Morgan fingerprint density at radius 3 is 1.68 bits per heavy atom. The van der Waals surface area contributed by atoms with Gasteiger partial charge in [-0.05, 0) is 30.6 Å². The highest BCUT2D eigenvalue weighted by Crippen LogP contribution is 2.14. The van der Waals surface area contributed by atoms with Crippen molar-refractivity contribution in [1.29, 1.82) is 0 Å². The molecule has 3 unspecified atom stereocenters. The summed E-state index contributed by atoms with van der Waals surface area (Å²) in [5.74, 6) is 0.555. The van der Waals surface area contributed by atoms with E-state index in [1.807, 2.05) is 13.8 Å². The molecule has 0 saturated heterocycles. The second-order valence-electron chi connectivity index (χ2n) is 7.65. The topological polar surface area (TPSA) is 125 Å². The van der Waals surface area contributed by atoms with Crippen LogP contribution in [0.15, 0.2) is 0 Å². The lowest BCUT2D eigenvalue weighted by Gasteiger charge is -2.18. The number of nitrogens with one attached hydrogen (secondary N) is 2. The first kappa shape index (κ1) is 26.1. The zero-order valence-electron chi connectivity index (χ0n) is 16.7. The summed E-state index contributed by atoms with van der Waals surface area (Å²) in [5, 5.41) is 16.7. The number of hydrogen-bond acceptors (Lipinski definition) is 5. The van der Waals surface area contributed by atoms with E-state index in [1.54, 1.807) is 11.0 Å². The zero-order chi connectivity index (χ0) is 20.0. The summed E-state index contributed by atoms with van der Waals surface area (Å²) in [6.45, 7) is 12.3. The van der Waals surface area contributed by atoms with Crippen LogP contribution in [0, 0.1) is 23.7 Å². The van der Waals surface area contributed by atoms with Gasteiger partial charge >= 0.3 is 0 Å². The Hall–Kier alpha value is -1.18. The molecule has 0 rings (SSSR count). The minimum Gasteiger partial charge on any atom is -0.320 e. The monoisotopic (exact) mass is 361 g/mol. The summed E-state index contributed by atoms with van der Waals surface area (Å²) in [4.78, 5) is 21.7. The lowest BCUT2D eigenvalue weighted by molar-refractivity contribution is -0.133. The molecule has 0 fully saturated rings. The summed E-state index contributed by atoms with van der Waals surface area (Å²) in [5.41, 5.74) is 8.82. The van der Waals surface area contributed by atoms with Crippen LogP contribution in [-0.2, 0) is 9.59 Å². The molecule has 25 heavy (non-hydrogen) atoms. The van der Waals surface area contributed by atoms with Crippen LogP contribution in [0.3, 0.4) is 0 Å². The minimum atomic E-state index is -0.608. The average molecular weight is 362 g/mol. The van der Waals surface area contributed by atoms with Crippen LogP contribution >= 0.6 is 0 Å². The number of hydroxylamine groups is 2. The summed E-state index contributed by atoms with van der Waals surface area (Å²) in [7, 11) is 0. The number of carbonyl (C=O) groups excluding carboxylic acids is 2. The molecule has 0 aromatic rings. The Morgan fingerprint density at radius 2 is 1.28 bits per heavy atom. The largest absolute Gasteiger partial charge is 0.320 e. The van der Waals surface area contributed by atoms with Gasteiger partial charge in [-0.25, -0.2) is 11.0 Å². The normalized spacial score (nSPS) is 14.4. The number of nitrogens with two attached hydrogens (primary N) is 1. The predicted octanol–water partition coefficient (Wildman–Crippen LogP) is 2.85. The molecule has 6 N–H and O–H groups in total. The SMILES string of the molecule is CC(C)CCC(C)C(N)C(=O)NO.CC(C)CCCC(C)C(=O)NO. The van der Waals surface area contributed by atoms with Crippen LogP contribution in [0.5, 0.6) is 0 Å². The van der Waals surface area contributed by atoms with E-state index in [9.17, 15) is 9.59 Å². The molecule has 7 heteroatoms. The molecule has 0 aromatic carbocycles. The minimum absolute atomic E-state index is 0.0752. The van der Waals surface area contributed by atoms with Crippen molar-refractivity contribution in [2.24, 2.45) is 29.4 Å². The van der Waals surface area contributed by atoms with Gasteiger partial charge in [0.2, 0.25) is 5.91 Å². The van der Waals surface area contributed by atoms with Gasteiger partial charge in [-0.2, -0.15) is 0 Å². The zero-order valence-corrected chi connectivity index (χ0v) is 16.7. The van der Waals surface area contributed by atoms with Crippen molar-refractivity contribution in [3.05, 3.63) is 0 Å². The van der Waals surface area contributed by atoms with E-state index in [2.05, 4.69) is 27.7 Å². The van der Waals surface area contributed by atoms with E-state index < -0.39 is 11.9 Å². The molecule has 3 atom stereocenters. The van der Waals surface area contributed by atoms with Gasteiger partial charge in [0.1, 0.15) is 0 Å². The molecule has 0 bridgehead atoms. The molecule has 0 heterocycles. The quantitative estimate of drug-likeness (QED) is 0.302. The molecule has 150 valence electrons. The van der Waals surface area contributed by atoms with Crippen molar-refractivity contribution >= 4 is 11.8 Å². The van der Waals surface area contributed by atoms with E-state index in [1.165, 1.54) is 0 Å². The second kappa shape index (κ2) is 15.1. The number of hydrogen-bond donors (Lipinski definition) is 5. The molecule has 0 aliphatic heterocycles. The van der Waals surface area contributed by atoms with E-state index >= 15 is 0 Å². The number of carbonyl (C=O) groups is 2. The van der Waals surface area contributed by atoms with E-state index in [4.69, 9.17) is 16.1 Å². The summed E-state index contributed by atoms with van der Waals surface area (Å²) in [6.07, 6.45) is 5.00. The summed E-state index contributed by atoms with van der Waals surface area (Å²) >= 11 is 0. The standard InChI is InChI=1S/C9H20N2O2.C9H19NO2/c1-6(2)4-5-7(3)8(10)9(12)11-13;1-7(2)5-4-6-8(3)9(11)10-12/h6-8,13H,4-5,10H2,1-3H3,(H,11,12);7-8,12H,4-6H2,1-3H3,(H,10,11). The van der Waals surface area contributed by atoms with Crippen molar-refractivity contribution < 1.29 is 20.0 Å². The fourth-order valence-corrected chi connectivity index (χ4v) is 2.18. The van der Waals surface area contributed by atoms with Gasteiger partial charge in [0, 0.05) is 5.92 Å². The first-order chi connectivity index (χ1) is 11.6. The van der Waals surface area contributed by atoms with Gasteiger partial charge < -0.3 is 5.73 Å². The first-order valence-electron chi connectivity index (χ1n) is 9.20. The molecular formula is C18H39N3O4. The third kappa shape index (κ3) is 14.8. The highest BCUT2D eigenvalue weighted by atomic mass is 16.5. The van der Waals surface area contributed by atoms with E-state index in [0.29, 0.717) is 11.8 Å². The predicted molar refractivity (Wildman–Crippen MR) is 98.9 cm³/mol. The van der Waals surface area contributed by atoms with Crippen LogP contribution in [0.4, 0.5) is 0 Å². The summed E-state index contributed by atoms with van der Waals surface area (Å²) < 4.78 is 0. The van der Waals surface area contributed by atoms with Gasteiger partial charge in [0.15, 0.2) is 0 Å². The molecule has 0 saturated carbocycles. The number of rotatable bonds is 10. The van der Waals surface area contributed by atoms with E-state index in [-0.39, 0.29) is 17.7 Å². The average Bonchev–Trinajstić information content (AvgIpc) is 2.57. The molecule has 0 radical (unpaired) electrons. The van der Waals surface area contributed by atoms with Crippen LogP contribution in [0.1, 0.15) is 73.6 Å². The van der Waals surface area contributed by atoms with Gasteiger partial charge in [-0.1, -0.05) is 60.8 Å². The van der Waals surface area contributed by atoms with Crippen molar-refractivity contribution in [2.75, 3.05) is 0 Å². The van der Waals surface area contributed by atoms with Gasteiger partial charge in [0.25, 0.3) is 5.91 Å².